The Hall–Kier alpha value is -1.74. The number of nitrogens with zero attached hydrogens (tertiary/aromatic N) is 2. The maximum atomic E-state index is 4.65. The molecule has 2 nitrogen and oxygen atoms in total. The van der Waals surface area contributed by atoms with Crippen molar-refractivity contribution in [2.75, 3.05) is 0 Å². The minimum Gasteiger partial charge on any atom is -0.265 e. The van der Waals surface area contributed by atoms with E-state index in [1.165, 1.54) is 0 Å². The lowest BCUT2D eigenvalue weighted by molar-refractivity contribution is 1.31. The molecule has 17 heavy (non-hydrogen) atoms. The van der Waals surface area contributed by atoms with Crippen LogP contribution in [-0.2, 0) is 0 Å². The topological polar surface area (TPSA) is 25.8 Å². The third kappa shape index (κ3) is 2.06. The second-order valence-electron chi connectivity index (χ2n) is 3.77. The van der Waals surface area contributed by atoms with Gasteiger partial charge in [0.05, 0.1) is 11.2 Å². The van der Waals surface area contributed by atoms with Crippen molar-refractivity contribution in [1.82, 2.24) is 9.97 Å². The Morgan fingerprint density at radius 1 is 0.882 bits per heavy atom. The van der Waals surface area contributed by atoms with E-state index in [4.69, 9.17) is 0 Å². The molecule has 0 bridgehead atoms. The monoisotopic (exact) mass is 284 g/mol. The zero-order chi connectivity index (χ0) is 11.7. The molecule has 1 aromatic carbocycles. The third-order valence-electron chi connectivity index (χ3n) is 2.63. The molecule has 0 aliphatic rings. The van der Waals surface area contributed by atoms with Crippen LogP contribution in [0.5, 0.6) is 0 Å². The highest BCUT2D eigenvalue weighted by atomic mass is 79.9. The minimum atomic E-state index is 0.970. The molecular formula is C14H9BrN2. The lowest BCUT2D eigenvalue weighted by atomic mass is 10.1. The van der Waals surface area contributed by atoms with E-state index in [1.807, 2.05) is 30.3 Å². The van der Waals surface area contributed by atoms with Gasteiger partial charge >= 0.3 is 0 Å². The molecule has 0 unspecified atom stereocenters. The lowest BCUT2D eigenvalue weighted by Crippen LogP contribution is -1.85. The number of aromatic nitrogens is 2. The van der Waals surface area contributed by atoms with Gasteiger partial charge in [0, 0.05) is 27.8 Å². The number of fused-ring (bicyclic) bond motifs is 1. The lowest BCUT2D eigenvalue weighted by Gasteiger charge is -2.03. The molecule has 0 aliphatic carbocycles. The van der Waals surface area contributed by atoms with Gasteiger partial charge in [-0.05, 0) is 30.3 Å². The van der Waals surface area contributed by atoms with Gasteiger partial charge in [-0.25, -0.2) is 4.98 Å². The van der Waals surface area contributed by atoms with Gasteiger partial charge in [0.2, 0.25) is 0 Å². The molecule has 3 aromatic rings. The first-order valence-corrected chi connectivity index (χ1v) is 6.09. The summed E-state index contributed by atoms with van der Waals surface area (Å²) in [5.41, 5.74) is 3.05. The summed E-state index contributed by atoms with van der Waals surface area (Å²) in [4.78, 5) is 8.66. The van der Waals surface area contributed by atoms with Gasteiger partial charge in [-0.2, -0.15) is 0 Å². The van der Waals surface area contributed by atoms with Crippen LogP contribution in [0.25, 0.3) is 22.2 Å². The molecule has 0 atom stereocenters. The van der Waals surface area contributed by atoms with Crippen molar-refractivity contribution in [1.29, 1.82) is 0 Å². The number of hydrogen-bond acceptors (Lipinski definition) is 2. The summed E-state index contributed by atoms with van der Waals surface area (Å²) in [7, 11) is 0. The molecule has 0 spiro atoms. The van der Waals surface area contributed by atoms with Gasteiger partial charge in [-0.1, -0.05) is 28.1 Å². The predicted octanol–water partition coefficient (Wildman–Crippen LogP) is 4.06. The van der Waals surface area contributed by atoms with Crippen molar-refractivity contribution in [2.24, 2.45) is 0 Å². The molecule has 2 aromatic heterocycles. The first kappa shape index (κ1) is 10.4. The van der Waals surface area contributed by atoms with Crippen LogP contribution in [0, 0.1) is 0 Å². The average molecular weight is 285 g/mol. The fourth-order valence-corrected chi connectivity index (χ4v) is 2.12. The molecule has 0 saturated heterocycles. The number of halogens is 1. The Balaban J connectivity index is 2.19. The second-order valence-corrected chi connectivity index (χ2v) is 4.69. The molecule has 2 heterocycles. The number of hydrogen-bond donors (Lipinski definition) is 0. The number of benzene rings is 1. The molecule has 0 aliphatic heterocycles. The summed E-state index contributed by atoms with van der Waals surface area (Å²) in [5, 5.41) is 1.14. The third-order valence-corrected chi connectivity index (χ3v) is 3.12. The first-order valence-electron chi connectivity index (χ1n) is 5.30. The molecule has 3 rings (SSSR count). The number of pyridine rings is 2. The summed E-state index contributed by atoms with van der Waals surface area (Å²) in [6.07, 6.45) is 3.56. The fraction of sp³-hybridized carbons (Fsp3) is 0. The van der Waals surface area contributed by atoms with Crippen molar-refractivity contribution in [3.05, 3.63) is 59.3 Å². The van der Waals surface area contributed by atoms with E-state index in [-0.39, 0.29) is 0 Å². The van der Waals surface area contributed by atoms with Crippen LogP contribution in [0.2, 0.25) is 0 Å². The largest absolute Gasteiger partial charge is 0.265 e. The van der Waals surface area contributed by atoms with Crippen LogP contribution in [0.4, 0.5) is 0 Å². The van der Waals surface area contributed by atoms with Crippen LogP contribution in [0.1, 0.15) is 0 Å². The van der Waals surface area contributed by atoms with E-state index in [2.05, 4.69) is 38.0 Å². The van der Waals surface area contributed by atoms with Crippen LogP contribution in [0.15, 0.2) is 59.3 Å². The summed E-state index contributed by atoms with van der Waals surface area (Å²) in [5.74, 6) is 0. The van der Waals surface area contributed by atoms with E-state index in [1.54, 1.807) is 12.4 Å². The zero-order valence-electron chi connectivity index (χ0n) is 8.97. The van der Waals surface area contributed by atoms with E-state index in [9.17, 15) is 0 Å². The summed E-state index contributed by atoms with van der Waals surface area (Å²) < 4.78 is 1.05. The molecule has 0 amide bonds. The average Bonchev–Trinajstić information content (AvgIpc) is 2.39. The van der Waals surface area contributed by atoms with Crippen molar-refractivity contribution in [2.45, 2.75) is 0 Å². The normalized spacial score (nSPS) is 10.6. The molecule has 82 valence electrons. The predicted molar refractivity (Wildman–Crippen MR) is 72.7 cm³/mol. The molecule has 0 radical (unpaired) electrons. The Kier molecular flexibility index (Phi) is 2.61. The smallest absolute Gasteiger partial charge is 0.0720 e. The summed E-state index contributed by atoms with van der Waals surface area (Å²) in [6.45, 7) is 0. The quantitative estimate of drug-likeness (QED) is 0.673. The Labute approximate surface area is 107 Å². The van der Waals surface area contributed by atoms with Gasteiger partial charge in [0.25, 0.3) is 0 Å². The van der Waals surface area contributed by atoms with Gasteiger partial charge in [-0.15, -0.1) is 0 Å². The molecule has 0 fully saturated rings. The van der Waals surface area contributed by atoms with Crippen LogP contribution >= 0.6 is 15.9 Å². The van der Waals surface area contributed by atoms with Crippen molar-refractivity contribution in [3.63, 3.8) is 0 Å². The van der Waals surface area contributed by atoms with Gasteiger partial charge in [0.1, 0.15) is 0 Å². The molecular weight excluding hydrogens is 276 g/mol. The first-order chi connectivity index (χ1) is 8.33. The van der Waals surface area contributed by atoms with Gasteiger partial charge < -0.3 is 0 Å². The maximum absolute atomic E-state index is 4.65. The van der Waals surface area contributed by atoms with Crippen molar-refractivity contribution in [3.8, 4) is 11.3 Å². The molecule has 0 N–H and O–H groups in total. The van der Waals surface area contributed by atoms with Crippen molar-refractivity contribution >= 4 is 26.8 Å². The van der Waals surface area contributed by atoms with E-state index < -0.39 is 0 Å². The SMILES string of the molecule is Brc1ccc2ccc(-c3ccncc3)nc2c1. The standard InChI is InChI=1S/C14H9BrN2/c15-12-3-1-10-2-4-13(17-14(10)9-12)11-5-7-16-8-6-11/h1-9H. The highest BCUT2D eigenvalue weighted by molar-refractivity contribution is 9.10. The highest BCUT2D eigenvalue weighted by Gasteiger charge is 2.01. The maximum Gasteiger partial charge on any atom is 0.0720 e. The van der Waals surface area contributed by atoms with Crippen LogP contribution in [-0.4, -0.2) is 9.97 Å². The van der Waals surface area contributed by atoms with Crippen LogP contribution in [0.3, 0.4) is 0 Å². The molecule has 3 heteroatoms. The Bertz CT molecular complexity index is 665. The zero-order valence-corrected chi connectivity index (χ0v) is 10.6. The Morgan fingerprint density at radius 3 is 2.47 bits per heavy atom. The fourth-order valence-electron chi connectivity index (χ4n) is 1.77. The second kappa shape index (κ2) is 4.26. The van der Waals surface area contributed by atoms with Gasteiger partial charge in [0.15, 0.2) is 0 Å². The Morgan fingerprint density at radius 2 is 1.65 bits per heavy atom. The summed E-state index contributed by atoms with van der Waals surface area (Å²) in [6, 6.07) is 14.2. The van der Waals surface area contributed by atoms with Crippen molar-refractivity contribution < 1.29 is 0 Å². The van der Waals surface area contributed by atoms with E-state index >= 15 is 0 Å². The minimum absolute atomic E-state index is 0.970. The number of rotatable bonds is 1. The highest BCUT2D eigenvalue weighted by Crippen LogP contribution is 2.22. The van der Waals surface area contributed by atoms with Gasteiger partial charge in [-0.3, -0.25) is 4.98 Å². The molecule has 0 saturated carbocycles. The van der Waals surface area contributed by atoms with Crippen LogP contribution < -0.4 is 0 Å². The van der Waals surface area contributed by atoms with E-state index in [0.29, 0.717) is 0 Å². The summed E-state index contributed by atoms with van der Waals surface area (Å²) >= 11 is 3.46. The van der Waals surface area contributed by atoms with E-state index in [0.717, 1.165) is 26.6 Å².